The number of rotatable bonds is 13. The highest BCUT2D eigenvalue weighted by Gasteiger charge is 2.37. The van der Waals surface area contributed by atoms with Crippen LogP contribution in [-0.4, -0.2) is 81.2 Å². The smallest absolute Gasteiger partial charge is 0.326 e. The lowest BCUT2D eigenvalue weighted by molar-refractivity contribution is -0.143. The van der Waals surface area contributed by atoms with E-state index in [1.165, 1.54) is 5.56 Å². The molecule has 1 aromatic heterocycles. The summed E-state index contributed by atoms with van der Waals surface area (Å²) < 4.78 is 14.4. The van der Waals surface area contributed by atoms with Crippen molar-refractivity contribution in [2.75, 3.05) is 45.1 Å². The summed E-state index contributed by atoms with van der Waals surface area (Å²) in [7, 11) is 0.664. The van der Waals surface area contributed by atoms with Gasteiger partial charge in [-0.3, -0.25) is 4.79 Å². The molecule has 1 saturated heterocycles. The van der Waals surface area contributed by atoms with Crippen LogP contribution in [0.25, 0.3) is 0 Å². The molecule has 1 unspecified atom stereocenters. The molecule has 1 aromatic carbocycles. The summed E-state index contributed by atoms with van der Waals surface area (Å²) in [5.41, 5.74) is 3.43. The number of carboxylic acid groups (broad SMARTS) is 1. The molecule has 2 aliphatic heterocycles. The van der Waals surface area contributed by atoms with Gasteiger partial charge in [0.05, 0.1) is 10.8 Å². The topological polar surface area (TPSA) is 115 Å². The first kappa shape index (κ1) is 28.2. The molecule has 2 aliphatic rings. The summed E-state index contributed by atoms with van der Waals surface area (Å²) >= 11 is 0. The number of carboxylic acids is 1. The number of hydrogen-bond acceptors (Lipinski definition) is 6. The van der Waals surface area contributed by atoms with Crippen molar-refractivity contribution in [2.24, 2.45) is 5.92 Å². The highest BCUT2D eigenvalue weighted by Crippen LogP contribution is 2.23. The van der Waals surface area contributed by atoms with Gasteiger partial charge in [-0.25, -0.2) is 18.3 Å². The number of fused-ring (bicyclic) bond motifs is 1. The van der Waals surface area contributed by atoms with E-state index in [9.17, 15) is 18.9 Å². The molecular weight excluding hydrogens is 502 g/mol. The zero-order valence-corrected chi connectivity index (χ0v) is 23.1. The van der Waals surface area contributed by atoms with E-state index in [0.717, 1.165) is 62.3 Å². The van der Waals surface area contributed by atoms with Crippen molar-refractivity contribution in [3.63, 3.8) is 0 Å². The average molecular weight is 542 g/mol. The predicted molar refractivity (Wildman–Crippen MR) is 148 cm³/mol. The fourth-order valence-corrected chi connectivity index (χ4v) is 6.23. The number of unbranched alkanes of at least 4 members (excludes halogenated alkanes) is 1. The number of nitrogens with zero attached hydrogens (tertiary/aromatic N) is 3. The molecule has 0 aliphatic carbocycles. The Morgan fingerprint density at radius 1 is 1.24 bits per heavy atom. The zero-order chi connectivity index (χ0) is 27.1. The Balaban J connectivity index is 1.14. The van der Waals surface area contributed by atoms with Gasteiger partial charge >= 0.3 is 5.97 Å². The predicted octanol–water partition coefficient (Wildman–Crippen LogP) is 2.62. The van der Waals surface area contributed by atoms with Gasteiger partial charge < -0.3 is 20.6 Å². The van der Waals surface area contributed by atoms with E-state index in [1.54, 1.807) is 4.31 Å². The Bertz CT molecular complexity index is 1150. The normalized spacial score (nSPS) is 17.2. The first-order chi connectivity index (χ1) is 18.3. The van der Waals surface area contributed by atoms with Gasteiger partial charge in [-0.15, -0.1) is 0 Å². The molecule has 0 radical (unpaired) electrons. The number of hydrogen-bond donors (Lipinski definition) is 3. The number of carbonyl (C=O) groups is 2. The van der Waals surface area contributed by atoms with Gasteiger partial charge in [0.2, 0.25) is 5.91 Å². The number of amides is 1. The Labute approximate surface area is 227 Å². The van der Waals surface area contributed by atoms with Crippen molar-refractivity contribution < 1.29 is 18.9 Å². The van der Waals surface area contributed by atoms with Crippen LogP contribution in [0, 0.1) is 12.8 Å². The summed E-state index contributed by atoms with van der Waals surface area (Å²) in [6.45, 7) is 5.07. The van der Waals surface area contributed by atoms with Gasteiger partial charge in [0.1, 0.15) is 22.8 Å². The van der Waals surface area contributed by atoms with Gasteiger partial charge in [0.25, 0.3) is 0 Å². The molecule has 4 rings (SSSR count). The van der Waals surface area contributed by atoms with Crippen LogP contribution in [0.5, 0.6) is 0 Å². The summed E-state index contributed by atoms with van der Waals surface area (Å²) in [5, 5.41) is 15.7. The Morgan fingerprint density at radius 2 is 2.05 bits per heavy atom. The average Bonchev–Trinajstić information content (AvgIpc) is 2.87. The van der Waals surface area contributed by atoms with Gasteiger partial charge in [0.15, 0.2) is 0 Å². The van der Waals surface area contributed by atoms with Crippen LogP contribution in [0.2, 0.25) is 0 Å². The molecule has 3 heterocycles. The summed E-state index contributed by atoms with van der Waals surface area (Å²) in [6.07, 6.45) is 5.50. The molecule has 2 atom stereocenters. The van der Waals surface area contributed by atoms with E-state index < -0.39 is 23.0 Å². The SMILES string of the molecule is Cc1cccc(S(=O)N2CC(C(=O)N[C@@H](CCN(C)CCCCc3ccc4c(n3)NCCC4)C(=O)O)C2)c1. The van der Waals surface area contributed by atoms with Crippen LogP contribution in [0.4, 0.5) is 5.82 Å². The lowest BCUT2D eigenvalue weighted by Gasteiger charge is -2.37. The van der Waals surface area contributed by atoms with Crippen molar-refractivity contribution in [3.8, 4) is 0 Å². The van der Waals surface area contributed by atoms with Crippen LogP contribution < -0.4 is 10.6 Å². The lowest BCUT2D eigenvalue weighted by Crippen LogP contribution is -2.56. The fourth-order valence-electron chi connectivity index (χ4n) is 4.82. The molecule has 3 N–H and O–H groups in total. The molecule has 0 bridgehead atoms. The van der Waals surface area contributed by atoms with Gasteiger partial charge in [-0.2, -0.15) is 0 Å². The number of anilines is 1. The number of pyridine rings is 1. The first-order valence-corrected chi connectivity index (χ1v) is 14.6. The summed E-state index contributed by atoms with van der Waals surface area (Å²) in [4.78, 5) is 32.0. The van der Waals surface area contributed by atoms with Crippen LogP contribution >= 0.6 is 0 Å². The monoisotopic (exact) mass is 541 g/mol. The van der Waals surface area contributed by atoms with Crippen LogP contribution in [0.15, 0.2) is 41.3 Å². The van der Waals surface area contributed by atoms with Crippen molar-refractivity contribution in [1.82, 2.24) is 19.5 Å². The number of nitrogens with one attached hydrogen (secondary N) is 2. The largest absolute Gasteiger partial charge is 0.480 e. The van der Waals surface area contributed by atoms with Gasteiger partial charge in [0, 0.05) is 31.9 Å². The molecule has 10 heteroatoms. The third kappa shape index (κ3) is 7.61. The van der Waals surface area contributed by atoms with Crippen LogP contribution in [0.1, 0.15) is 42.5 Å². The maximum Gasteiger partial charge on any atom is 0.326 e. The van der Waals surface area contributed by atoms with Crippen LogP contribution in [0.3, 0.4) is 0 Å². The standard InChI is InChI=1S/C28H39N5O4S/c1-20-7-5-10-24(17-20)38(37)33-18-22(19-33)27(34)31-25(28(35)36)13-16-32(2)15-4-3-9-23-12-11-21-8-6-14-29-26(21)30-23/h5,7,10-12,17,22,25H,3-4,6,8-9,13-16,18-19H2,1-2H3,(H,29,30)(H,31,34)(H,35,36)/t25-,38?/m0/s1. The van der Waals surface area contributed by atoms with Gasteiger partial charge in [-0.05, 0) is 88.4 Å². The van der Waals surface area contributed by atoms with Crippen LogP contribution in [-0.2, 0) is 33.4 Å². The zero-order valence-electron chi connectivity index (χ0n) is 22.3. The number of aryl methyl sites for hydroxylation is 3. The van der Waals surface area contributed by atoms with E-state index in [4.69, 9.17) is 4.98 Å². The maximum absolute atomic E-state index is 12.7. The van der Waals surface area contributed by atoms with E-state index >= 15 is 0 Å². The molecule has 1 fully saturated rings. The third-order valence-corrected chi connectivity index (χ3v) is 8.66. The Kier molecular flexibility index (Phi) is 9.87. The van der Waals surface area contributed by atoms with Crippen molar-refractivity contribution in [2.45, 2.75) is 56.4 Å². The fraction of sp³-hybridized carbons (Fsp3) is 0.536. The minimum Gasteiger partial charge on any atom is -0.480 e. The summed E-state index contributed by atoms with van der Waals surface area (Å²) in [5.74, 6) is -0.638. The number of carbonyl (C=O) groups excluding carboxylic acids is 1. The highest BCUT2D eigenvalue weighted by molar-refractivity contribution is 7.82. The van der Waals surface area contributed by atoms with Crippen molar-refractivity contribution >= 4 is 28.7 Å². The molecule has 38 heavy (non-hydrogen) atoms. The quantitative estimate of drug-likeness (QED) is 0.334. The Morgan fingerprint density at radius 3 is 2.82 bits per heavy atom. The van der Waals surface area contributed by atoms with E-state index in [2.05, 4.69) is 27.7 Å². The van der Waals surface area contributed by atoms with E-state index in [1.807, 2.05) is 38.2 Å². The maximum atomic E-state index is 12.7. The number of benzene rings is 1. The number of aliphatic carboxylic acids is 1. The Hall–Kier alpha value is -2.82. The molecule has 206 valence electrons. The second-order valence-electron chi connectivity index (χ2n) is 10.4. The molecule has 0 saturated carbocycles. The molecular formula is C28H39N5O4S. The third-order valence-electron chi connectivity index (χ3n) is 7.23. The minimum atomic E-state index is -1.31. The molecule has 2 aromatic rings. The molecule has 1 amide bonds. The molecule has 9 nitrogen and oxygen atoms in total. The molecule has 0 spiro atoms. The highest BCUT2D eigenvalue weighted by atomic mass is 32.2. The second kappa shape index (κ2) is 13.3. The first-order valence-electron chi connectivity index (χ1n) is 13.5. The lowest BCUT2D eigenvalue weighted by atomic mass is 10.0. The van der Waals surface area contributed by atoms with Gasteiger partial charge in [-0.1, -0.05) is 18.2 Å². The minimum absolute atomic E-state index is 0.287. The van der Waals surface area contributed by atoms with E-state index in [0.29, 0.717) is 31.0 Å². The van der Waals surface area contributed by atoms with Crippen molar-refractivity contribution in [1.29, 1.82) is 0 Å². The summed E-state index contributed by atoms with van der Waals surface area (Å²) in [6, 6.07) is 10.9. The van der Waals surface area contributed by atoms with E-state index in [-0.39, 0.29) is 11.8 Å². The van der Waals surface area contributed by atoms with Crippen molar-refractivity contribution in [3.05, 3.63) is 53.2 Å². The second-order valence-corrected chi connectivity index (χ2v) is 11.9. The number of aromatic nitrogens is 1.